The Labute approximate surface area is 310 Å². The van der Waals surface area contributed by atoms with Crippen molar-refractivity contribution in [2.75, 3.05) is 20.7 Å². The maximum atomic E-state index is 14.4. The largest absolute Gasteiger partial charge is 0.496 e. The number of thiazole rings is 1. The van der Waals surface area contributed by atoms with Gasteiger partial charge in [-0.25, -0.2) is 18.4 Å². The Morgan fingerprint density at radius 3 is 2.62 bits per heavy atom. The lowest BCUT2D eigenvalue weighted by atomic mass is 9.83. The van der Waals surface area contributed by atoms with Crippen LogP contribution in [0, 0.1) is 36.0 Å². The van der Waals surface area contributed by atoms with Gasteiger partial charge in [-0.1, -0.05) is 26.0 Å². The number of carbonyl (C=O) groups is 3. The van der Waals surface area contributed by atoms with E-state index < -0.39 is 38.4 Å². The Balaban J connectivity index is 1.21. The van der Waals surface area contributed by atoms with Gasteiger partial charge in [0.05, 0.1) is 34.7 Å². The van der Waals surface area contributed by atoms with Crippen molar-refractivity contribution in [2.24, 2.45) is 29.1 Å². The first kappa shape index (κ1) is 36.7. The second-order valence-corrected chi connectivity index (χ2v) is 18.7. The minimum atomic E-state index is -3.77. The topological polar surface area (TPSA) is 136 Å². The molecule has 12 heteroatoms. The van der Waals surface area contributed by atoms with Crippen LogP contribution in [0.2, 0.25) is 0 Å². The lowest BCUT2D eigenvalue weighted by molar-refractivity contribution is -0.140. The summed E-state index contributed by atoms with van der Waals surface area (Å²) in [5.74, 6) is -0.905. The molecule has 3 heterocycles. The summed E-state index contributed by atoms with van der Waals surface area (Å²) >= 11 is 1.58. The smallest absolute Gasteiger partial charge is 0.240 e. The van der Waals surface area contributed by atoms with E-state index in [9.17, 15) is 22.8 Å². The lowest BCUT2D eigenvalue weighted by Crippen LogP contribution is -2.42. The average Bonchev–Trinajstić information content (AvgIpc) is 3.98. The SMILES string of the molecule is COc1ccc2c(C[C@H]3CC4C(=O)N(C)CCCC/C=C\[C@H]5C[C@]5(C(=O)NS(=O)(=O)C5CC5)CC(=O)[C@@H]4C3)cc(-c3nc(C(C)C)cs3)nc2c1C. The number of amides is 2. The van der Waals surface area contributed by atoms with Crippen LogP contribution in [0.4, 0.5) is 0 Å². The minimum absolute atomic E-state index is 0.0273. The second kappa shape index (κ2) is 14.3. The highest BCUT2D eigenvalue weighted by molar-refractivity contribution is 7.90. The molecular formula is C40H50N4O6S2. The molecule has 3 aromatic rings. The maximum Gasteiger partial charge on any atom is 0.240 e. The third kappa shape index (κ3) is 7.17. The highest BCUT2D eigenvalue weighted by atomic mass is 32.2. The van der Waals surface area contributed by atoms with Crippen molar-refractivity contribution in [3.63, 3.8) is 0 Å². The van der Waals surface area contributed by atoms with Crippen molar-refractivity contribution in [3.8, 4) is 16.5 Å². The van der Waals surface area contributed by atoms with E-state index in [-0.39, 0.29) is 29.9 Å². The number of benzene rings is 1. The van der Waals surface area contributed by atoms with Gasteiger partial charge in [-0.05, 0) is 106 Å². The number of methoxy groups -OCH3 is 1. The van der Waals surface area contributed by atoms with Gasteiger partial charge in [0.1, 0.15) is 16.5 Å². The van der Waals surface area contributed by atoms with Crippen molar-refractivity contribution < 1.29 is 27.5 Å². The number of aryl methyl sites for hydroxylation is 1. The Hall–Kier alpha value is -3.64. The van der Waals surface area contributed by atoms with Crippen LogP contribution < -0.4 is 9.46 Å². The third-order valence-corrected chi connectivity index (χ3v) is 14.6. The number of hydrogen-bond acceptors (Lipinski definition) is 9. The third-order valence-electron chi connectivity index (χ3n) is 11.9. The lowest BCUT2D eigenvalue weighted by Gasteiger charge is -2.26. The molecule has 1 aromatic carbocycles. The van der Waals surface area contributed by atoms with Crippen LogP contribution in [-0.4, -0.2) is 66.8 Å². The molecule has 7 rings (SSSR count). The number of pyridine rings is 1. The summed E-state index contributed by atoms with van der Waals surface area (Å²) in [5, 5.41) is 3.40. The Morgan fingerprint density at radius 1 is 1.13 bits per heavy atom. The normalized spacial score (nSPS) is 27.6. The zero-order chi connectivity index (χ0) is 36.9. The average molecular weight is 747 g/mol. The van der Waals surface area contributed by atoms with Crippen molar-refractivity contribution in [2.45, 2.75) is 96.1 Å². The number of Topliss-reactive ketones (excluding diaryl/α,β-unsaturated/α-hetero) is 1. The summed E-state index contributed by atoms with van der Waals surface area (Å²) in [6, 6.07) is 6.13. The molecule has 0 saturated heterocycles. The molecule has 3 fully saturated rings. The molecule has 1 unspecified atom stereocenters. The van der Waals surface area contributed by atoms with Crippen LogP contribution >= 0.6 is 11.3 Å². The highest BCUT2D eigenvalue weighted by Crippen LogP contribution is 2.58. The molecule has 3 saturated carbocycles. The van der Waals surface area contributed by atoms with Crippen LogP contribution in [0.25, 0.3) is 21.6 Å². The number of fused-ring (bicyclic) bond motifs is 3. The number of carbonyl (C=O) groups excluding carboxylic acids is 3. The van der Waals surface area contributed by atoms with E-state index in [4.69, 9.17) is 14.7 Å². The van der Waals surface area contributed by atoms with Gasteiger partial charge in [-0.3, -0.25) is 19.1 Å². The Morgan fingerprint density at radius 2 is 1.90 bits per heavy atom. The molecule has 1 N–H and O–H groups in total. The molecular weight excluding hydrogens is 697 g/mol. The van der Waals surface area contributed by atoms with E-state index in [1.165, 1.54) is 0 Å². The van der Waals surface area contributed by atoms with E-state index in [2.05, 4.69) is 30.0 Å². The molecule has 0 spiro atoms. The van der Waals surface area contributed by atoms with Gasteiger partial charge < -0.3 is 9.64 Å². The maximum absolute atomic E-state index is 14.4. The first-order valence-electron chi connectivity index (χ1n) is 18.7. The van der Waals surface area contributed by atoms with Crippen LogP contribution in [0.3, 0.4) is 0 Å². The standard InChI is InChI=1S/C40H50N4O6S2/c1-23(2)33-22-51-37(42-33)32-19-26(29-13-14-35(50-5)24(3)36(29)41-32)16-25-17-30-31(18-25)38(46)44(4)15-9-7-6-8-10-27-20-40(27,21-34(30)45)39(47)43-52(48,49)28-11-12-28/h8,10,13-14,19,22-23,25,27-28,30-31H,6-7,9,11-12,15-18,20-21H2,1-5H3,(H,43,47)/b10-8-/t25-,27+,30-,31?,40+/m1/s1. The van der Waals surface area contributed by atoms with Gasteiger partial charge >= 0.3 is 0 Å². The van der Waals surface area contributed by atoms with E-state index in [1.807, 2.05) is 38.3 Å². The van der Waals surface area contributed by atoms with Crippen LogP contribution in [-0.2, 0) is 30.8 Å². The first-order valence-corrected chi connectivity index (χ1v) is 21.2. The van der Waals surface area contributed by atoms with E-state index in [0.29, 0.717) is 51.0 Å². The summed E-state index contributed by atoms with van der Waals surface area (Å²) in [6.07, 6.45) is 9.75. The number of rotatable bonds is 8. The van der Waals surface area contributed by atoms with Gasteiger partial charge in [0.25, 0.3) is 0 Å². The number of allylic oxidation sites excluding steroid dienone is 2. The Bertz CT molecular complexity index is 2040. The molecule has 2 amide bonds. The van der Waals surface area contributed by atoms with Crippen molar-refractivity contribution in [1.82, 2.24) is 19.6 Å². The van der Waals surface area contributed by atoms with Crippen LogP contribution in [0.5, 0.6) is 5.75 Å². The number of aromatic nitrogens is 2. The summed E-state index contributed by atoms with van der Waals surface area (Å²) in [6.45, 7) is 6.88. The number of sulfonamides is 1. The number of nitrogens with one attached hydrogen (secondary N) is 1. The fourth-order valence-corrected chi connectivity index (χ4v) is 10.8. The zero-order valence-electron chi connectivity index (χ0n) is 30.8. The van der Waals surface area contributed by atoms with Gasteiger partial charge in [0.15, 0.2) is 0 Å². The van der Waals surface area contributed by atoms with E-state index in [1.54, 1.807) is 23.3 Å². The molecule has 4 aliphatic rings. The quantitative estimate of drug-likeness (QED) is 0.250. The highest BCUT2D eigenvalue weighted by Gasteiger charge is 2.61. The van der Waals surface area contributed by atoms with Crippen molar-refractivity contribution in [1.29, 1.82) is 0 Å². The molecule has 52 heavy (non-hydrogen) atoms. The summed E-state index contributed by atoms with van der Waals surface area (Å²) in [4.78, 5) is 54.1. The molecule has 278 valence electrons. The summed E-state index contributed by atoms with van der Waals surface area (Å²) in [5.41, 5.74) is 3.58. The van der Waals surface area contributed by atoms with Gasteiger partial charge in [-0.15, -0.1) is 11.3 Å². The van der Waals surface area contributed by atoms with Crippen molar-refractivity contribution in [3.05, 3.63) is 52.6 Å². The molecule has 5 atom stereocenters. The van der Waals surface area contributed by atoms with Crippen LogP contribution in [0.15, 0.2) is 35.7 Å². The minimum Gasteiger partial charge on any atom is -0.496 e. The predicted octanol–water partition coefficient (Wildman–Crippen LogP) is 6.76. The zero-order valence-corrected chi connectivity index (χ0v) is 32.4. The Kier molecular flexibility index (Phi) is 10.1. The number of ketones is 1. The number of hydrogen-bond donors (Lipinski definition) is 1. The molecule has 3 aliphatic carbocycles. The first-order chi connectivity index (χ1) is 24.8. The fraction of sp³-hybridized carbons (Fsp3) is 0.575. The van der Waals surface area contributed by atoms with Gasteiger partial charge in [-0.2, -0.15) is 0 Å². The summed E-state index contributed by atoms with van der Waals surface area (Å²) < 4.78 is 33.7. The molecule has 1 aliphatic heterocycles. The second-order valence-electron chi connectivity index (χ2n) is 15.9. The van der Waals surface area contributed by atoms with Crippen LogP contribution in [0.1, 0.15) is 94.4 Å². The van der Waals surface area contributed by atoms with Gasteiger partial charge in [0, 0.05) is 48.2 Å². The van der Waals surface area contributed by atoms with Gasteiger partial charge in [0.2, 0.25) is 21.8 Å². The number of nitrogens with zero attached hydrogens (tertiary/aromatic N) is 3. The van der Waals surface area contributed by atoms with Crippen molar-refractivity contribution >= 4 is 49.9 Å². The molecule has 10 nitrogen and oxygen atoms in total. The van der Waals surface area contributed by atoms with E-state index >= 15 is 0 Å². The number of ether oxygens (including phenoxy) is 1. The molecule has 0 bridgehead atoms. The van der Waals surface area contributed by atoms with E-state index in [0.717, 1.165) is 63.4 Å². The summed E-state index contributed by atoms with van der Waals surface area (Å²) in [7, 11) is -0.286. The predicted molar refractivity (Wildman–Crippen MR) is 203 cm³/mol. The molecule has 0 radical (unpaired) electrons. The molecule has 2 aromatic heterocycles. The monoisotopic (exact) mass is 746 g/mol. The fourth-order valence-electron chi connectivity index (χ4n) is 8.43.